The second-order valence-electron chi connectivity index (χ2n) is 9.58. The van der Waals surface area contributed by atoms with Crippen LogP contribution in [0, 0.1) is 6.92 Å². The van der Waals surface area contributed by atoms with Gasteiger partial charge in [0.1, 0.15) is 11.3 Å². The number of amides is 1. The van der Waals surface area contributed by atoms with Crippen molar-refractivity contribution in [1.29, 1.82) is 0 Å². The minimum atomic E-state index is -4.74. The molecule has 5 rings (SSSR count). The Kier molecular flexibility index (Phi) is 7.82. The maximum atomic E-state index is 14.3. The van der Waals surface area contributed by atoms with Crippen LogP contribution < -0.4 is 9.47 Å². The number of rotatable bonds is 7. The Labute approximate surface area is 233 Å². The molecule has 1 N–H and O–H groups in total. The molecular formula is C28H29F3N6O4. The lowest BCUT2D eigenvalue weighted by Gasteiger charge is -2.38. The fourth-order valence-corrected chi connectivity index (χ4v) is 5.23. The molecule has 0 radical (unpaired) electrons. The summed E-state index contributed by atoms with van der Waals surface area (Å²) in [4.78, 5) is 25.9. The van der Waals surface area contributed by atoms with Gasteiger partial charge in [0.2, 0.25) is 5.88 Å². The molecule has 10 nitrogen and oxygen atoms in total. The van der Waals surface area contributed by atoms with E-state index in [9.17, 15) is 23.1 Å². The van der Waals surface area contributed by atoms with Gasteiger partial charge in [0, 0.05) is 49.1 Å². The molecule has 0 spiro atoms. The fraction of sp³-hybridized carbons (Fsp3) is 0.357. The molecule has 1 atom stereocenters. The first kappa shape index (κ1) is 28.3. The molecule has 0 bridgehead atoms. The number of nitrogens with zero attached hydrogens (tertiary/aromatic N) is 6. The minimum absolute atomic E-state index is 0.0219. The number of piperazine rings is 1. The van der Waals surface area contributed by atoms with E-state index in [1.54, 1.807) is 41.4 Å². The molecule has 0 saturated carbocycles. The number of aromatic nitrogens is 4. The van der Waals surface area contributed by atoms with Crippen molar-refractivity contribution in [2.24, 2.45) is 0 Å². The summed E-state index contributed by atoms with van der Waals surface area (Å²) >= 11 is 0. The van der Waals surface area contributed by atoms with Gasteiger partial charge in [0.05, 0.1) is 38.8 Å². The zero-order valence-corrected chi connectivity index (χ0v) is 22.7. The van der Waals surface area contributed by atoms with E-state index >= 15 is 0 Å². The van der Waals surface area contributed by atoms with Crippen molar-refractivity contribution in [2.75, 3.05) is 47.0 Å². The van der Waals surface area contributed by atoms with Crippen LogP contribution in [0.2, 0.25) is 0 Å². The SMILES string of the molecule is COc1ccc(-c2nc3c(C(=O)N4CCN(C(CO)c5cccnc5OC)CC4)cnn3c(C(F)(F)F)c2C)cc1. The van der Waals surface area contributed by atoms with Gasteiger partial charge in [-0.15, -0.1) is 0 Å². The lowest BCUT2D eigenvalue weighted by atomic mass is 10.0. The monoisotopic (exact) mass is 570 g/mol. The van der Waals surface area contributed by atoms with Crippen molar-refractivity contribution < 1.29 is 32.5 Å². The number of benzene rings is 1. The van der Waals surface area contributed by atoms with Crippen LogP contribution in [0.5, 0.6) is 11.6 Å². The average molecular weight is 571 g/mol. The van der Waals surface area contributed by atoms with Gasteiger partial charge in [-0.1, -0.05) is 6.07 Å². The number of halogens is 3. The number of hydrogen-bond donors (Lipinski definition) is 1. The number of carbonyl (C=O) groups excluding carboxylic acids is 1. The van der Waals surface area contributed by atoms with Crippen LogP contribution in [0.25, 0.3) is 16.9 Å². The first-order valence-corrected chi connectivity index (χ1v) is 12.9. The number of aliphatic hydroxyl groups is 1. The first-order chi connectivity index (χ1) is 19.7. The van der Waals surface area contributed by atoms with Gasteiger partial charge < -0.3 is 19.5 Å². The molecule has 1 saturated heterocycles. The number of pyridine rings is 1. The summed E-state index contributed by atoms with van der Waals surface area (Å²) in [7, 11) is 3.00. The maximum absolute atomic E-state index is 14.3. The van der Waals surface area contributed by atoms with Crippen LogP contribution in [0.15, 0.2) is 48.8 Å². The van der Waals surface area contributed by atoms with E-state index in [4.69, 9.17) is 9.47 Å². The standard InChI is InChI=1S/C28H29F3N6O4/c1-17-23(18-6-8-19(40-2)9-7-18)34-25-21(15-33-37(25)24(17)28(29,30)31)27(39)36-13-11-35(12-14-36)22(16-38)20-5-4-10-32-26(20)41-3/h4-10,15,22,38H,11-14,16H2,1-3H3. The predicted octanol–water partition coefficient (Wildman–Crippen LogP) is 3.63. The number of fused-ring (bicyclic) bond motifs is 1. The Morgan fingerprint density at radius 3 is 2.39 bits per heavy atom. The summed E-state index contributed by atoms with van der Waals surface area (Å²) in [6.45, 7) is 2.59. The second-order valence-corrected chi connectivity index (χ2v) is 9.58. The Hall–Kier alpha value is -4.23. The van der Waals surface area contributed by atoms with Gasteiger partial charge in [0.25, 0.3) is 5.91 Å². The van der Waals surface area contributed by atoms with Crippen molar-refractivity contribution >= 4 is 11.6 Å². The normalized spacial score (nSPS) is 15.2. The molecular weight excluding hydrogens is 541 g/mol. The summed E-state index contributed by atoms with van der Waals surface area (Å²) in [5.41, 5.74) is -0.0142. The quantitative estimate of drug-likeness (QED) is 0.359. The number of carbonyl (C=O) groups is 1. The number of hydrogen-bond acceptors (Lipinski definition) is 8. The Morgan fingerprint density at radius 1 is 1.07 bits per heavy atom. The molecule has 3 aromatic heterocycles. The third kappa shape index (κ3) is 5.30. The van der Waals surface area contributed by atoms with Crippen LogP contribution in [0.1, 0.15) is 33.2 Å². The molecule has 1 unspecified atom stereocenters. The third-order valence-corrected chi connectivity index (χ3v) is 7.31. The van der Waals surface area contributed by atoms with Crippen LogP contribution in [-0.4, -0.2) is 87.4 Å². The molecule has 13 heteroatoms. The van der Waals surface area contributed by atoms with Gasteiger partial charge in [-0.2, -0.15) is 18.3 Å². The van der Waals surface area contributed by atoms with Gasteiger partial charge in [-0.3, -0.25) is 9.69 Å². The van der Waals surface area contributed by atoms with Gasteiger partial charge in [0.15, 0.2) is 11.3 Å². The predicted molar refractivity (Wildman–Crippen MR) is 143 cm³/mol. The maximum Gasteiger partial charge on any atom is 0.433 e. The van der Waals surface area contributed by atoms with Crippen molar-refractivity contribution in [3.63, 3.8) is 0 Å². The summed E-state index contributed by atoms with van der Waals surface area (Å²) in [6, 6.07) is 9.71. The van der Waals surface area contributed by atoms with Crippen molar-refractivity contribution in [3.8, 4) is 22.9 Å². The van der Waals surface area contributed by atoms with E-state index in [0.29, 0.717) is 47.9 Å². The first-order valence-electron chi connectivity index (χ1n) is 12.9. The Morgan fingerprint density at radius 2 is 1.78 bits per heavy atom. The van der Waals surface area contributed by atoms with Crippen molar-refractivity contribution in [3.05, 3.63) is 71.2 Å². The van der Waals surface area contributed by atoms with E-state index < -0.39 is 17.8 Å². The Balaban J connectivity index is 1.45. The van der Waals surface area contributed by atoms with E-state index in [2.05, 4.69) is 15.1 Å². The number of methoxy groups -OCH3 is 2. The number of aliphatic hydroxyl groups excluding tert-OH is 1. The fourth-order valence-electron chi connectivity index (χ4n) is 5.23. The molecule has 1 aliphatic rings. The number of ether oxygens (including phenoxy) is 2. The smallest absolute Gasteiger partial charge is 0.433 e. The van der Waals surface area contributed by atoms with Crippen LogP contribution in [0.3, 0.4) is 0 Å². The van der Waals surface area contributed by atoms with E-state index in [1.165, 1.54) is 21.1 Å². The van der Waals surface area contributed by atoms with E-state index in [0.717, 1.165) is 11.8 Å². The summed E-state index contributed by atoms with van der Waals surface area (Å²) in [5.74, 6) is 0.489. The van der Waals surface area contributed by atoms with Crippen molar-refractivity contribution in [1.82, 2.24) is 29.4 Å². The van der Waals surface area contributed by atoms with Crippen LogP contribution >= 0.6 is 0 Å². The highest BCUT2D eigenvalue weighted by molar-refractivity contribution is 6.00. The van der Waals surface area contributed by atoms with Crippen molar-refractivity contribution in [2.45, 2.75) is 19.1 Å². The average Bonchev–Trinajstić information content (AvgIpc) is 3.40. The Bertz CT molecular complexity index is 1550. The van der Waals surface area contributed by atoms with E-state index in [1.807, 2.05) is 11.0 Å². The topological polar surface area (TPSA) is 105 Å². The lowest BCUT2D eigenvalue weighted by Crippen LogP contribution is -2.50. The van der Waals surface area contributed by atoms with E-state index in [-0.39, 0.29) is 35.1 Å². The molecule has 4 heterocycles. The zero-order valence-electron chi connectivity index (χ0n) is 22.7. The molecule has 1 fully saturated rings. The summed E-state index contributed by atoms with van der Waals surface area (Å²) < 4.78 is 54.0. The molecule has 4 aromatic rings. The summed E-state index contributed by atoms with van der Waals surface area (Å²) in [5, 5.41) is 14.1. The molecule has 1 aliphatic heterocycles. The minimum Gasteiger partial charge on any atom is -0.497 e. The molecule has 0 aliphatic carbocycles. The lowest BCUT2D eigenvalue weighted by molar-refractivity contribution is -0.143. The van der Waals surface area contributed by atoms with Gasteiger partial charge >= 0.3 is 6.18 Å². The molecule has 41 heavy (non-hydrogen) atoms. The molecule has 1 aromatic carbocycles. The molecule has 216 valence electrons. The highest BCUT2D eigenvalue weighted by Crippen LogP contribution is 2.37. The highest BCUT2D eigenvalue weighted by atomic mass is 19.4. The van der Waals surface area contributed by atoms with Crippen LogP contribution in [-0.2, 0) is 6.18 Å². The van der Waals surface area contributed by atoms with Gasteiger partial charge in [-0.05, 0) is 37.3 Å². The molecule has 1 amide bonds. The van der Waals surface area contributed by atoms with Gasteiger partial charge in [-0.25, -0.2) is 14.5 Å². The third-order valence-electron chi connectivity index (χ3n) is 7.31. The second kappa shape index (κ2) is 11.3. The highest BCUT2D eigenvalue weighted by Gasteiger charge is 2.39. The summed E-state index contributed by atoms with van der Waals surface area (Å²) in [6.07, 6.45) is -2.00. The van der Waals surface area contributed by atoms with Crippen LogP contribution in [0.4, 0.5) is 13.2 Å². The zero-order chi connectivity index (χ0) is 29.3. The largest absolute Gasteiger partial charge is 0.497 e. The number of alkyl halides is 3.